The molecular weight excluding hydrogens is 306 g/mol. The lowest BCUT2D eigenvalue weighted by atomic mass is 10.2. The van der Waals surface area contributed by atoms with Crippen molar-refractivity contribution in [3.8, 4) is 0 Å². The molecule has 1 N–H and O–H groups in total. The second-order valence-corrected chi connectivity index (χ2v) is 7.28. The molecule has 0 atom stereocenters. The molecule has 1 aromatic carbocycles. The van der Waals surface area contributed by atoms with Crippen LogP contribution in [0.2, 0.25) is 0 Å². The Morgan fingerprint density at radius 2 is 2.13 bits per heavy atom. The van der Waals surface area contributed by atoms with Crippen molar-refractivity contribution in [2.75, 3.05) is 0 Å². The van der Waals surface area contributed by atoms with E-state index in [1.165, 1.54) is 25.7 Å². The second-order valence-electron chi connectivity index (χ2n) is 6.02. The lowest BCUT2D eigenvalue weighted by molar-refractivity contribution is 0.667. The van der Waals surface area contributed by atoms with Crippen LogP contribution in [0.3, 0.4) is 0 Å². The van der Waals surface area contributed by atoms with E-state index < -0.39 is 0 Å². The predicted molar refractivity (Wildman–Crippen MR) is 96.2 cm³/mol. The number of hydrogen-bond donors (Lipinski definition) is 1. The molecule has 5 heteroatoms. The lowest BCUT2D eigenvalue weighted by Gasteiger charge is -2.13. The summed E-state index contributed by atoms with van der Waals surface area (Å²) < 4.78 is 1.74. The van der Waals surface area contributed by atoms with E-state index in [9.17, 15) is 4.79 Å². The standard InChI is InChI=1S/C18H19N3OS/c1-2-11-21-17(22)16-15(13-9-5-6-10-14(13)19-16)20-18(21)23-12-7-3-4-8-12/h2,5-6,9-10,12,19H,1,3-4,7-8,11H2. The minimum absolute atomic E-state index is 0.00778. The fourth-order valence-corrected chi connectivity index (χ4v) is 4.61. The number of benzene rings is 1. The van der Waals surface area contributed by atoms with E-state index in [1.807, 2.05) is 24.3 Å². The van der Waals surface area contributed by atoms with Gasteiger partial charge in [0.1, 0.15) is 11.0 Å². The molecule has 1 saturated carbocycles. The quantitative estimate of drug-likeness (QED) is 0.580. The molecule has 118 valence electrons. The predicted octanol–water partition coefficient (Wildman–Crippen LogP) is 4.10. The summed E-state index contributed by atoms with van der Waals surface area (Å²) in [5.74, 6) is 0. The highest BCUT2D eigenvalue weighted by molar-refractivity contribution is 7.99. The van der Waals surface area contributed by atoms with Crippen molar-refractivity contribution in [1.29, 1.82) is 0 Å². The van der Waals surface area contributed by atoms with Gasteiger partial charge in [-0.25, -0.2) is 4.98 Å². The highest BCUT2D eigenvalue weighted by atomic mass is 32.2. The Morgan fingerprint density at radius 1 is 1.35 bits per heavy atom. The molecule has 4 rings (SSSR count). The third-order valence-corrected chi connectivity index (χ3v) is 5.79. The number of hydrogen-bond acceptors (Lipinski definition) is 3. The average molecular weight is 325 g/mol. The zero-order valence-electron chi connectivity index (χ0n) is 12.9. The Morgan fingerprint density at radius 3 is 2.91 bits per heavy atom. The van der Waals surface area contributed by atoms with Crippen LogP contribution in [-0.4, -0.2) is 19.8 Å². The van der Waals surface area contributed by atoms with Crippen LogP contribution >= 0.6 is 11.8 Å². The highest BCUT2D eigenvalue weighted by Crippen LogP contribution is 2.34. The molecule has 1 aliphatic carbocycles. The van der Waals surface area contributed by atoms with E-state index in [0.29, 0.717) is 17.3 Å². The van der Waals surface area contributed by atoms with Crippen LogP contribution in [0.15, 0.2) is 46.9 Å². The number of rotatable bonds is 4. The molecule has 4 nitrogen and oxygen atoms in total. The molecule has 2 heterocycles. The topological polar surface area (TPSA) is 50.7 Å². The molecule has 23 heavy (non-hydrogen) atoms. The summed E-state index contributed by atoms with van der Waals surface area (Å²) >= 11 is 1.75. The highest BCUT2D eigenvalue weighted by Gasteiger charge is 2.21. The molecule has 0 spiro atoms. The summed E-state index contributed by atoms with van der Waals surface area (Å²) in [4.78, 5) is 21.0. The summed E-state index contributed by atoms with van der Waals surface area (Å²) in [6.45, 7) is 4.28. The molecule has 0 amide bonds. The van der Waals surface area contributed by atoms with Crippen molar-refractivity contribution in [1.82, 2.24) is 14.5 Å². The number of para-hydroxylation sites is 1. The summed E-state index contributed by atoms with van der Waals surface area (Å²) in [7, 11) is 0. The van der Waals surface area contributed by atoms with Crippen molar-refractivity contribution in [2.24, 2.45) is 0 Å². The normalized spacial score (nSPS) is 15.7. The number of nitrogens with one attached hydrogen (secondary N) is 1. The molecule has 3 aromatic rings. The van der Waals surface area contributed by atoms with Gasteiger partial charge in [0.25, 0.3) is 5.56 Å². The number of nitrogens with zero attached hydrogens (tertiary/aromatic N) is 2. The minimum Gasteiger partial charge on any atom is -0.349 e. The maximum Gasteiger partial charge on any atom is 0.278 e. The van der Waals surface area contributed by atoms with Crippen molar-refractivity contribution in [3.05, 3.63) is 47.3 Å². The Labute approximate surface area is 138 Å². The zero-order valence-corrected chi connectivity index (χ0v) is 13.7. The number of fused-ring (bicyclic) bond motifs is 3. The van der Waals surface area contributed by atoms with E-state index >= 15 is 0 Å². The molecule has 0 saturated heterocycles. The smallest absolute Gasteiger partial charge is 0.278 e. The minimum atomic E-state index is -0.00778. The van der Waals surface area contributed by atoms with E-state index in [4.69, 9.17) is 4.98 Å². The monoisotopic (exact) mass is 325 g/mol. The SMILES string of the molecule is C=CCn1c(SC2CCCC2)nc2c([nH]c3ccccc32)c1=O. The average Bonchev–Trinajstić information content (AvgIpc) is 3.19. The first kappa shape index (κ1) is 14.6. The summed E-state index contributed by atoms with van der Waals surface area (Å²) in [6, 6.07) is 7.95. The fourth-order valence-electron chi connectivity index (χ4n) is 3.31. The van der Waals surface area contributed by atoms with Gasteiger partial charge in [-0.1, -0.05) is 48.9 Å². The van der Waals surface area contributed by atoms with E-state index in [0.717, 1.165) is 21.6 Å². The molecule has 0 aliphatic heterocycles. The maximum absolute atomic E-state index is 12.9. The fraction of sp³-hybridized carbons (Fsp3) is 0.333. The van der Waals surface area contributed by atoms with Crippen molar-refractivity contribution >= 4 is 33.7 Å². The van der Waals surface area contributed by atoms with Gasteiger partial charge in [0.2, 0.25) is 0 Å². The summed E-state index contributed by atoms with van der Waals surface area (Å²) in [5, 5.41) is 2.40. The molecule has 0 unspecified atom stereocenters. The van der Waals surface area contributed by atoms with Crippen LogP contribution in [0.5, 0.6) is 0 Å². The largest absolute Gasteiger partial charge is 0.349 e. The van der Waals surface area contributed by atoms with Gasteiger partial charge in [0.15, 0.2) is 5.16 Å². The lowest BCUT2D eigenvalue weighted by Crippen LogP contribution is -2.23. The maximum atomic E-state index is 12.9. The summed E-state index contributed by atoms with van der Waals surface area (Å²) in [6.07, 6.45) is 6.73. The zero-order chi connectivity index (χ0) is 15.8. The Bertz CT molecular complexity index is 934. The molecule has 0 radical (unpaired) electrons. The van der Waals surface area contributed by atoms with Crippen molar-refractivity contribution < 1.29 is 0 Å². The molecule has 2 aromatic heterocycles. The van der Waals surface area contributed by atoms with Crippen LogP contribution in [0.1, 0.15) is 25.7 Å². The van der Waals surface area contributed by atoms with Gasteiger partial charge in [-0.15, -0.1) is 6.58 Å². The third kappa shape index (κ3) is 2.49. The van der Waals surface area contributed by atoms with Crippen molar-refractivity contribution in [2.45, 2.75) is 42.6 Å². The second kappa shape index (κ2) is 5.89. The first-order valence-corrected chi connectivity index (χ1v) is 8.94. The van der Waals surface area contributed by atoms with Gasteiger partial charge >= 0.3 is 0 Å². The number of aromatic nitrogens is 3. The number of thioether (sulfide) groups is 1. The molecule has 1 fully saturated rings. The summed E-state index contributed by atoms with van der Waals surface area (Å²) in [5.41, 5.74) is 2.32. The van der Waals surface area contributed by atoms with E-state index in [2.05, 4.69) is 11.6 Å². The van der Waals surface area contributed by atoms with Crippen LogP contribution in [0.25, 0.3) is 21.9 Å². The van der Waals surface area contributed by atoms with Crippen LogP contribution in [-0.2, 0) is 6.54 Å². The Hall–Kier alpha value is -2.01. The van der Waals surface area contributed by atoms with Gasteiger partial charge in [-0.05, 0) is 18.9 Å². The Kier molecular flexibility index (Phi) is 3.73. The van der Waals surface area contributed by atoms with Crippen molar-refractivity contribution in [3.63, 3.8) is 0 Å². The van der Waals surface area contributed by atoms with Gasteiger partial charge in [-0.3, -0.25) is 9.36 Å². The van der Waals surface area contributed by atoms with Crippen LogP contribution in [0, 0.1) is 0 Å². The first-order chi connectivity index (χ1) is 11.3. The first-order valence-electron chi connectivity index (χ1n) is 8.06. The number of aromatic amines is 1. The van der Waals surface area contributed by atoms with Gasteiger partial charge in [0, 0.05) is 22.7 Å². The number of H-pyrrole nitrogens is 1. The van der Waals surface area contributed by atoms with Gasteiger partial charge in [-0.2, -0.15) is 0 Å². The van der Waals surface area contributed by atoms with Gasteiger partial charge < -0.3 is 4.98 Å². The van der Waals surface area contributed by atoms with Crippen LogP contribution in [0.4, 0.5) is 0 Å². The van der Waals surface area contributed by atoms with Gasteiger partial charge in [0.05, 0.1) is 0 Å². The van der Waals surface area contributed by atoms with E-state index in [-0.39, 0.29) is 5.56 Å². The van der Waals surface area contributed by atoms with Crippen LogP contribution < -0.4 is 5.56 Å². The number of allylic oxidation sites excluding steroid dienone is 1. The molecule has 0 bridgehead atoms. The molecule has 1 aliphatic rings. The van der Waals surface area contributed by atoms with E-state index in [1.54, 1.807) is 22.4 Å². The Balaban J connectivity index is 1.94. The third-order valence-electron chi connectivity index (χ3n) is 4.46. The molecular formula is C18H19N3OS.